The monoisotopic (exact) mass is 192 g/mol. The number of nitrogen functional groups attached to an aromatic ring is 1. The van der Waals surface area contributed by atoms with Crippen molar-refractivity contribution in [2.45, 2.75) is 32.2 Å². The number of anilines is 2. The Morgan fingerprint density at radius 3 is 2.71 bits per heavy atom. The molecule has 2 N–H and O–H groups in total. The van der Waals surface area contributed by atoms with E-state index in [1.54, 1.807) is 12.4 Å². The average molecular weight is 192 g/mol. The number of hydrogen-bond donors (Lipinski definition) is 1. The zero-order chi connectivity index (χ0) is 9.97. The van der Waals surface area contributed by atoms with Gasteiger partial charge in [-0.25, -0.2) is 9.97 Å². The van der Waals surface area contributed by atoms with Gasteiger partial charge < -0.3 is 10.6 Å². The van der Waals surface area contributed by atoms with Gasteiger partial charge in [-0.15, -0.1) is 0 Å². The lowest BCUT2D eigenvalue weighted by Gasteiger charge is -2.23. The van der Waals surface area contributed by atoms with Crippen LogP contribution in [-0.4, -0.2) is 22.6 Å². The highest BCUT2D eigenvalue weighted by molar-refractivity contribution is 5.58. The van der Waals surface area contributed by atoms with Gasteiger partial charge in [0.1, 0.15) is 0 Å². The van der Waals surface area contributed by atoms with Crippen molar-refractivity contribution >= 4 is 11.6 Å². The second-order valence-corrected chi connectivity index (χ2v) is 3.69. The molecule has 14 heavy (non-hydrogen) atoms. The predicted molar refractivity (Wildman–Crippen MR) is 57.1 cm³/mol. The largest absolute Gasteiger partial charge is 0.381 e. The topological polar surface area (TPSA) is 55.0 Å². The van der Waals surface area contributed by atoms with Gasteiger partial charge in [-0.3, -0.25) is 0 Å². The quantitative estimate of drug-likeness (QED) is 0.784. The molecule has 1 aliphatic carbocycles. The van der Waals surface area contributed by atoms with Gasteiger partial charge in [-0.1, -0.05) is 6.92 Å². The minimum absolute atomic E-state index is 0.549. The Kier molecular flexibility index (Phi) is 2.52. The van der Waals surface area contributed by atoms with E-state index in [9.17, 15) is 0 Å². The maximum absolute atomic E-state index is 5.80. The predicted octanol–water partition coefficient (Wildman–Crippen LogP) is 1.44. The molecule has 0 unspecified atom stereocenters. The molecule has 0 saturated heterocycles. The summed E-state index contributed by atoms with van der Waals surface area (Å²) in [5.41, 5.74) is 5.80. The van der Waals surface area contributed by atoms with Crippen LogP contribution in [0.25, 0.3) is 0 Å². The number of aromatic nitrogens is 2. The van der Waals surface area contributed by atoms with Crippen molar-refractivity contribution in [2.24, 2.45) is 0 Å². The maximum atomic E-state index is 5.80. The first-order valence-corrected chi connectivity index (χ1v) is 5.16. The first kappa shape index (κ1) is 9.24. The third kappa shape index (κ3) is 1.78. The van der Waals surface area contributed by atoms with Crippen molar-refractivity contribution in [1.82, 2.24) is 9.97 Å². The summed E-state index contributed by atoms with van der Waals surface area (Å²) in [6, 6.07) is 0.647. The standard InChI is InChI=1S/C10H16N4/c1-2-7-14(8-3-4-8)10-9(11)12-5-6-13-10/h5-6,8H,2-4,7H2,1H3,(H2,11,12). The second kappa shape index (κ2) is 3.82. The SMILES string of the molecule is CCCN(c1nccnc1N)C1CC1. The summed E-state index contributed by atoms with van der Waals surface area (Å²) in [6.45, 7) is 3.19. The summed E-state index contributed by atoms with van der Waals surface area (Å²) in [4.78, 5) is 10.6. The fraction of sp³-hybridized carbons (Fsp3) is 0.600. The lowest BCUT2D eigenvalue weighted by molar-refractivity contribution is 0.749. The van der Waals surface area contributed by atoms with Crippen molar-refractivity contribution in [2.75, 3.05) is 17.2 Å². The Morgan fingerprint density at radius 2 is 2.14 bits per heavy atom. The van der Waals surface area contributed by atoms with Gasteiger partial charge in [-0.2, -0.15) is 0 Å². The van der Waals surface area contributed by atoms with Crippen LogP contribution in [0.15, 0.2) is 12.4 Å². The molecular weight excluding hydrogens is 176 g/mol. The fourth-order valence-corrected chi connectivity index (χ4v) is 1.65. The molecule has 0 spiro atoms. The molecule has 0 bridgehead atoms. The molecule has 0 aromatic carbocycles. The van der Waals surface area contributed by atoms with Crippen LogP contribution < -0.4 is 10.6 Å². The Morgan fingerprint density at radius 1 is 1.43 bits per heavy atom. The molecule has 1 aliphatic rings. The molecule has 0 amide bonds. The summed E-state index contributed by atoms with van der Waals surface area (Å²) in [7, 11) is 0. The van der Waals surface area contributed by atoms with Gasteiger partial charge in [0.2, 0.25) is 0 Å². The molecule has 4 nitrogen and oxygen atoms in total. The summed E-state index contributed by atoms with van der Waals surface area (Å²) >= 11 is 0. The summed E-state index contributed by atoms with van der Waals surface area (Å²) < 4.78 is 0. The molecular formula is C10H16N4. The number of rotatable bonds is 4. The first-order valence-electron chi connectivity index (χ1n) is 5.16. The Labute approximate surface area is 84.2 Å². The number of hydrogen-bond acceptors (Lipinski definition) is 4. The minimum atomic E-state index is 0.549. The van der Waals surface area contributed by atoms with Gasteiger partial charge in [0, 0.05) is 25.0 Å². The van der Waals surface area contributed by atoms with Crippen LogP contribution in [-0.2, 0) is 0 Å². The van der Waals surface area contributed by atoms with E-state index < -0.39 is 0 Å². The summed E-state index contributed by atoms with van der Waals surface area (Å²) in [5, 5.41) is 0. The third-order valence-corrected chi connectivity index (χ3v) is 2.43. The fourth-order valence-electron chi connectivity index (χ4n) is 1.65. The van der Waals surface area contributed by atoms with E-state index in [0.29, 0.717) is 11.9 Å². The molecule has 2 rings (SSSR count). The Bertz CT molecular complexity index is 309. The van der Waals surface area contributed by atoms with Crippen molar-refractivity contribution in [3.63, 3.8) is 0 Å². The average Bonchev–Trinajstić information content (AvgIpc) is 2.99. The number of nitrogens with two attached hydrogens (primary N) is 1. The van der Waals surface area contributed by atoms with E-state index in [1.807, 2.05) is 0 Å². The molecule has 4 heteroatoms. The molecule has 1 heterocycles. The van der Waals surface area contributed by atoms with E-state index in [4.69, 9.17) is 5.73 Å². The van der Waals surface area contributed by atoms with E-state index in [0.717, 1.165) is 18.8 Å². The zero-order valence-corrected chi connectivity index (χ0v) is 8.48. The highest BCUT2D eigenvalue weighted by Crippen LogP contribution is 2.32. The van der Waals surface area contributed by atoms with E-state index in [1.165, 1.54) is 12.8 Å². The van der Waals surface area contributed by atoms with Crippen LogP contribution in [0.2, 0.25) is 0 Å². The molecule has 1 aromatic rings. The maximum Gasteiger partial charge on any atom is 0.171 e. The van der Waals surface area contributed by atoms with Crippen LogP contribution >= 0.6 is 0 Å². The van der Waals surface area contributed by atoms with Crippen LogP contribution in [0.1, 0.15) is 26.2 Å². The Balaban J connectivity index is 2.21. The molecule has 0 atom stereocenters. The molecule has 76 valence electrons. The minimum Gasteiger partial charge on any atom is -0.381 e. The Hall–Kier alpha value is -1.32. The molecule has 1 fully saturated rings. The number of nitrogens with zero attached hydrogens (tertiary/aromatic N) is 3. The smallest absolute Gasteiger partial charge is 0.171 e. The molecule has 0 radical (unpaired) electrons. The van der Waals surface area contributed by atoms with E-state index in [-0.39, 0.29) is 0 Å². The second-order valence-electron chi connectivity index (χ2n) is 3.69. The van der Waals surface area contributed by atoms with Gasteiger partial charge in [0.05, 0.1) is 0 Å². The van der Waals surface area contributed by atoms with Crippen molar-refractivity contribution in [1.29, 1.82) is 0 Å². The van der Waals surface area contributed by atoms with Crippen molar-refractivity contribution in [3.05, 3.63) is 12.4 Å². The van der Waals surface area contributed by atoms with Gasteiger partial charge in [0.25, 0.3) is 0 Å². The zero-order valence-electron chi connectivity index (χ0n) is 8.48. The van der Waals surface area contributed by atoms with Gasteiger partial charge in [-0.05, 0) is 19.3 Å². The van der Waals surface area contributed by atoms with E-state index in [2.05, 4.69) is 21.8 Å². The highest BCUT2D eigenvalue weighted by Gasteiger charge is 2.30. The summed E-state index contributed by atoms with van der Waals surface area (Å²) in [5.74, 6) is 1.41. The van der Waals surface area contributed by atoms with Crippen molar-refractivity contribution in [3.8, 4) is 0 Å². The summed E-state index contributed by atoms with van der Waals surface area (Å²) in [6.07, 6.45) is 6.98. The van der Waals surface area contributed by atoms with Crippen LogP contribution in [0.4, 0.5) is 11.6 Å². The lowest BCUT2D eigenvalue weighted by atomic mass is 10.3. The molecule has 1 saturated carbocycles. The van der Waals surface area contributed by atoms with Crippen LogP contribution in [0, 0.1) is 0 Å². The van der Waals surface area contributed by atoms with Crippen LogP contribution in [0.5, 0.6) is 0 Å². The lowest BCUT2D eigenvalue weighted by Crippen LogP contribution is -2.28. The first-order chi connectivity index (χ1) is 6.83. The van der Waals surface area contributed by atoms with E-state index >= 15 is 0 Å². The normalized spacial score (nSPS) is 15.5. The van der Waals surface area contributed by atoms with Gasteiger partial charge in [0.15, 0.2) is 11.6 Å². The molecule has 0 aliphatic heterocycles. The van der Waals surface area contributed by atoms with Crippen molar-refractivity contribution < 1.29 is 0 Å². The molecule has 1 aromatic heterocycles. The van der Waals surface area contributed by atoms with Crippen LogP contribution in [0.3, 0.4) is 0 Å². The highest BCUT2D eigenvalue weighted by atomic mass is 15.2. The third-order valence-electron chi connectivity index (χ3n) is 2.43. The van der Waals surface area contributed by atoms with Gasteiger partial charge >= 0.3 is 0 Å².